The van der Waals surface area contributed by atoms with Crippen LogP contribution in [0, 0.1) is 17.0 Å². The molecule has 6 rings (SSSR count). The predicted octanol–water partition coefficient (Wildman–Crippen LogP) is 5.60. The van der Waals surface area contributed by atoms with Crippen molar-refractivity contribution in [2.45, 2.75) is 26.2 Å². The number of aromatic nitrogens is 1. The van der Waals surface area contributed by atoms with Crippen LogP contribution in [0.25, 0.3) is 10.9 Å². The zero-order valence-electron chi connectivity index (χ0n) is 27.3. The van der Waals surface area contributed by atoms with Crippen LogP contribution >= 0.6 is 0 Å². The smallest absolute Gasteiger partial charge is 0.240 e. The number of hydrogen-bond donors (Lipinski definition) is 2. The lowest BCUT2D eigenvalue weighted by molar-refractivity contribution is -0.132. The van der Waals surface area contributed by atoms with Gasteiger partial charge in [-0.1, -0.05) is 0 Å². The average Bonchev–Trinajstić information content (AvgIpc) is 3.91. The van der Waals surface area contributed by atoms with Gasteiger partial charge < -0.3 is 29.7 Å². The van der Waals surface area contributed by atoms with Crippen LogP contribution in [0.1, 0.15) is 26.2 Å². The van der Waals surface area contributed by atoms with Gasteiger partial charge in [-0.25, -0.2) is 8.78 Å². The first-order valence-corrected chi connectivity index (χ1v) is 16.1. The van der Waals surface area contributed by atoms with Gasteiger partial charge in [-0.05, 0) is 67.8 Å². The number of amides is 3. The van der Waals surface area contributed by atoms with Crippen LogP contribution in [0.3, 0.4) is 0 Å². The van der Waals surface area contributed by atoms with Crippen LogP contribution in [0.4, 0.5) is 20.2 Å². The van der Waals surface area contributed by atoms with Crippen molar-refractivity contribution in [1.82, 2.24) is 14.8 Å². The highest BCUT2D eigenvalue weighted by molar-refractivity contribution is 6.16. The third kappa shape index (κ3) is 7.72. The van der Waals surface area contributed by atoms with E-state index in [1.54, 1.807) is 31.3 Å². The van der Waals surface area contributed by atoms with E-state index < -0.39 is 28.9 Å². The van der Waals surface area contributed by atoms with Crippen molar-refractivity contribution in [2.75, 3.05) is 57.1 Å². The summed E-state index contributed by atoms with van der Waals surface area (Å²) in [5.74, 6) is -0.878. The normalized spacial score (nSPS) is 15.4. The first-order valence-electron chi connectivity index (χ1n) is 16.1. The van der Waals surface area contributed by atoms with E-state index in [-0.39, 0.29) is 17.3 Å². The quantitative estimate of drug-likeness (QED) is 0.147. The number of rotatable bonds is 12. The molecule has 1 saturated heterocycles. The van der Waals surface area contributed by atoms with Gasteiger partial charge in [-0.2, -0.15) is 0 Å². The molecule has 1 aliphatic heterocycles. The number of hydrogen-bond acceptors (Lipinski definition) is 8. The molecule has 49 heavy (non-hydrogen) atoms. The molecule has 1 saturated carbocycles. The van der Waals surface area contributed by atoms with Crippen molar-refractivity contribution in [3.8, 4) is 23.0 Å². The monoisotopic (exact) mass is 673 g/mol. The maximum absolute atomic E-state index is 15.3. The summed E-state index contributed by atoms with van der Waals surface area (Å²) in [6, 6.07) is 14.3. The first kappa shape index (κ1) is 33.6. The first-order chi connectivity index (χ1) is 23.6. The molecule has 0 unspecified atom stereocenters. The van der Waals surface area contributed by atoms with Crippen molar-refractivity contribution in [1.29, 1.82) is 0 Å². The maximum atomic E-state index is 15.3. The van der Waals surface area contributed by atoms with E-state index in [4.69, 9.17) is 14.2 Å². The van der Waals surface area contributed by atoms with Crippen LogP contribution in [-0.2, 0) is 14.4 Å². The molecule has 2 heterocycles. The molecule has 4 aromatic rings. The number of nitrogens with one attached hydrogen (secondary N) is 2. The zero-order valence-corrected chi connectivity index (χ0v) is 27.3. The molecule has 0 atom stereocenters. The Hall–Kier alpha value is -5.30. The van der Waals surface area contributed by atoms with Crippen molar-refractivity contribution < 1.29 is 37.4 Å². The summed E-state index contributed by atoms with van der Waals surface area (Å²) in [4.78, 5) is 46.1. The second-order valence-corrected chi connectivity index (χ2v) is 12.1. The summed E-state index contributed by atoms with van der Waals surface area (Å²) < 4.78 is 46.1. The molecule has 2 N–H and O–H groups in total. The number of carbonyl (C=O) groups is 3. The van der Waals surface area contributed by atoms with Crippen LogP contribution in [0.2, 0.25) is 0 Å². The summed E-state index contributed by atoms with van der Waals surface area (Å²) >= 11 is 0. The SMILES string of the molecule is COc1cc2c(Oc3ccc(NC(=O)C4(C(=O)Nc5ccc(F)cc5)CC4)cc3F)ccnc2cc1OCCCN1CCN(C(C)=O)CC1. The lowest BCUT2D eigenvalue weighted by atomic mass is 10.0. The second kappa shape index (κ2) is 14.4. The van der Waals surface area contributed by atoms with Crippen molar-refractivity contribution in [3.05, 3.63) is 78.5 Å². The average molecular weight is 674 g/mol. The summed E-state index contributed by atoms with van der Waals surface area (Å²) in [5.41, 5.74) is -0.190. The third-order valence-corrected chi connectivity index (χ3v) is 8.81. The van der Waals surface area contributed by atoms with Gasteiger partial charge in [0, 0.05) is 74.7 Å². The second-order valence-electron chi connectivity index (χ2n) is 12.1. The molecule has 3 amide bonds. The number of halogens is 2. The van der Waals surface area contributed by atoms with Crippen LogP contribution < -0.4 is 24.8 Å². The molecule has 13 heteroatoms. The number of anilines is 2. The highest BCUT2D eigenvalue weighted by atomic mass is 19.1. The number of nitrogens with zero attached hydrogens (tertiary/aromatic N) is 3. The van der Waals surface area contributed by atoms with Crippen LogP contribution in [0.5, 0.6) is 23.0 Å². The Kier molecular flexibility index (Phi) is 9.90. The maximum Gasteiger partial charge on any atom is 0.240 e. The minimum Gasteiger partial charge on any atom is -0.493 e. The molecule has 2 aliphatic rings. The van der Waals surface area contributed by atoms with E-state index >= 15 is 4.39 Å². The van der Waals surface area contributed by atoms with Gasteiger partial charge in [0.1, 0.15) is 17.0 Å². The summed E-state index contributed by atoms with van der Waals surface area (Å²) in [6.07, 6.45) is 3.01. The number of benzene rings is 3. The number of piperazine rings is 1. The van der Waals surface area contributed by atoms with Crippen LogP contribution in [0.15, 0.2) is 66.9 Å². The fourth-order valence-electron chi connectivity index (χ4n) is 5.74. The Bertz CT molecular complexity index is 1860. The van der Waals surface area contributed by atoms with Gasteiger partial charge in [0.2, 0.25) is 17.7 Å². The predicted molar refractivity (Wildman–Crippen MR) is 179 cm³/mol. The minimum atomic E-state index is -1.29. The highest BCUT2D eigenvalue weighted by Crippen LogP contribution is 2.47. The molecule has 2 fully saturated rings. The fourth-order valence-corrected chi connectivity index (χ4v) is 5.74. The molecular formula is C36H37F2N5O6. The molecule has 3 aromatic carbocycles. The van der Waals surface area contributed by atoms with Crippen molar-refractivity contribution in [2.24, 2.45) is 5.41 Å². The molecular weight excluding hydrogens is 636 g/mol. The van der Waals surface area contributed by atoms with Gasteiger partial charge >= 0.3 is 0 Å². The Labute approximate surface area is 282 Å². The van der Waals surface area contributed by atoms with E-state index in [0.717, 1.165) is 45.2 Å². The summed E-state index contributed by atoms with van der Waals surface area (Å²) in [7, 11) is 1.53. The Morgan fingerprint density at radius 3 is 2.18 bits per heavy atom. The third-order valence-electron chi connectivity index (χ3n) is 8.81. The molecule has 1 aromatic heterocycles. The number of pyridine rings is 1. The van der Waals surface area contributed by atoms with E-state index in [0.29, 0.717) is 53.3 Å². The molecule has 0 radical (unpaired) electrons. The Morgan fingerprint density at radius 2 is 1.53 bits per heavy atom. The van der Waals surface area contributed by atoms with Gasteiger partial charge in [-0.3, -0.25) is 24.3 Å². The summed E-state index contributed by atoms with van der Waals surface area (Å²) in [5, 5.41) is 5.86. The molecule has 0 bridgehead atoms. The minimum absolute atomic E-state index is 0.0795. The van der Waals surface area contributed by atoms with Crippen molar-refractivity contribution in [3.63, 3.8) is 0 Å². The molecule has 11 nitrogen and oxygen atoms in total. The Balaban J connectivity index is 1.07. The van der Waals surface area contributed by atoms with Crippen molar-refractivity contribution >= 4 is 40.0 Å². The van der Waals surface area contributed by atoms with E-state index in [2.05, 4.69) is 20.5 Å². The molecule has 1 aliphatic carbocycles. The number of methoxy groups -OCH3 is 1. The number of carbonyl (C=O) groups excluding carboxylic acids is 3. The highest BCUT2D eigenvalue weighted by Gasteiger charge is 2.56. The number of ether oxygens (including phenoxy) is 3. The van der Waals surface area contributed by atoms with E-state index in [9.17, 15) is 18.8 Å². The van der Waals surface area contributed by atoms with E-state index in [1.165, 1.54) is 43.5 Å². The topological polar surface area (TPSA) is 122 Å². The number of fused-ring (bicyclic) bond motifs is 1. The van der Waals surface area contributed by atoms with Gasteiger partial charge in [0.15, 0.2) is 23.1 Å². The zero-order chi connectivity index (χ0) is 34.5. The standard InChI is InChI=1S/C36H37F2N5O6/c1-23(44)43-17-15-42(16-18-43)14-3-19-48-33-22-29-27(21-32(33)47-2)30(10-13-39-29)49-31-9-8-26(20-28(31)38)41-35(46)36(11-12-36)34(45)40-25-6-4-24(37)5-7-25/h4-10,13,20-22H,3,11-12,14-19H2,1-2H3,(H,40,45)(H,41,46). The van der Waals surface area contributed by atoms with E-state index in [1.807, 2.05) is 4.90 Å². The van der Waals surface area contributed by atoms with Gasteiger partial charge in [0.05, 0.1) is 19.2 Å². The van der Waals surface area contributed by atoms with Crippen LogP contribution in [-0.4, -0.2) is 78.9 Å². The van der Waals surface area contributed by atoms with Gasteiger partial charge in [0.25, 0.3) is 0 Å². The molecule has 0 spiro atoms. The molecule has 256 valence electrons. The lowest BCUT2D eigenvalue weighted by Crippen LogP contribution is -2.48. The van der Waals surface area contributed by atoms with Gasteiger partial charge in [-0.15, -0.1) is 0 Å². The lowest BCUT2D eigenvalue weighted by Gasteiger charge is -2.34. The fraction of sp³-hybridized carbons (Fsp3) is 0.333. The summed E-state index contributed by atoms with van der Waals surface area (Å²) in [6.45, 7) is 6.04. The largest absolute Gasteiger partial charge is 0.493 e. The Morgan fingerprint density at radius 1 is 0.837 bits per heavy atom.